The number of halogens is 2. The molecule has 0 bridgehead atoms. The Morgan fingerprint density at radius 2 is 1.95 bits per heavy atom. The molecule has 108 valence electrons. The normalized spacial score (nSPS) is 17.1. The van der Waals surface area contributed by atoms with Gasteiger partial charge in [0.2, 0.25) is 0 Å². The lowest BCUT2D eigenvalue weighted by Crippen LogP contribution is -2.31. The van der Waals surface area contributed by atoms with Gasteiger partial charge in [0.1, 0.15) is 11.6 Å². The van der Waals surface area contributed by atoms with Crippen molar-refractivity contribution in [2.45, 2.75) is 25.3 Å². The molecule has 21 heavy (non-hydrogen) atoms. The monoisotopic (exact) mass is 287 g/mol. The van der Waals surface area contributed by atoms with Crippen LogP contribution in [0.1, 0.15) is 40.4 Å². The van der Waals surface area contributed by atoms with Crippen molar-refractivity contribution in [1.82, 2.24) is 5.32 Å². The molecule has 1 N–H and O–H groups in total. The van der Waals surface area contributed by atoms with E-state index in [9.17, 15) is 13.6 Å². The Hall–Kier alpha value is -2.23. The SMILES string of the molecule is O=C(N[C@H]1CCCc2ccccc21)c1cc(F)ccc1F. The number of rotatable bonds is 2. The highest BCUT2D eigenvalue weighted by Crippen LogP contribution is 2.29. The second-order valence-corrected chi connectivity index (χ2v) is 5.24. The van der Waals surface area contributed by atoms with Crippen LogP contribution in [-0.2, 0) is 6.42 Å². The van der Waals surface area contributed by atoms with Gasteiger partial charge in [-0.25, -0.2) is 8.78 Å². The zero-order valence-electron chi connectivity index (χ0n) is 11.4. The van der Waals surface area contributed by atoms with Crippen molar-refractivity contribution in [3.63, 3.8) is 0 Å². The molecule has 0 saturated carbocycles. The molecule has 2 aromatic rings. The molecule has 1 aliphatic rings. The van der Waals surface area contributed by atoms with E-state index in [4.69, 9.17) is 0 Å². The Morgan fingerprint density at radius 3 is 2.81 bits per heavy atom. The number of benzene rings is 2. The molecule has 0 spiro atoms. The molecule has 0 heterocycles. The summed E-state index contributed by atoms with van der Waals surface area (Å²) in [6.07, 6.45) is 2.75. The van der Waals surface area contributed by atoms with E-state index in [0.29, 0.717) is 0 Å². The predicted octanol–water partition coefficient (Wildman–Crippen LogP) is 3.77. The molecule has 0 fully saturated rings. The van der Waals surface area contributed by atoms with E-state index in [2.05, 4.69) is 5.32 Å². The third kappa shape index (κ3) is 2.79. The molecule has 1 atom stereocenters. The largest absolute Gasteiger partial charge is 0.345 e. The first kappa shape index (κ1) is 13.7. The zero-order chi connectivity index (χ0) is 14.8. The van der Waals surface area contributed by atoms with Crippen molar-refractivity contribution in [1.29, 1.82) is 0 Å². The number of amides is 1. The molecule has 4 heteroatoms. The number of carbonyl (C=O) groups is 1. The van der Waals surface area contributed by atoms with Crippen LogP contribution in [0.3, 0.4) is 0 Å². The van der Waals surface area contributed by atoms with Gasteiger partial charge in [-0.15, -0.1) is 0 Å². The second kappa shape index (κ2) is 5.64. The Morgan fingerprint density at radius 1 is 1.14 bits per heavy atom. The summed E-state index contributed by atoms with van der Waals surface area (Å²) in [5.74, 6) is -1.91. The lowest BCUT2D eigenvalue weighted by Gasteiger charge is -2.26. The van der Waals surface area contributed by atoms with Crippen molar-refractivity contribution in [3.8, 4) is 0 Å². The summed E-state index contributed by atoms with van der Waals surface area (Å²) in [5, 5.41) is 2.81. The maximum Gasteiger partial charge on any atom is 0.254 e. The van der Waals surface area contributed by atoms with E-state index >= 15 is 0 Å². The third-order valence-corrected chi connectivity index (χ3v) is 3.85. The van der Waals surface area contributed by atoms with Gasteiger partial charge in [0.15, 0.2) is 0 Å². The summed E-state index contributed by atoms with van der Waals surface area (Å²) >= 11 is 0. The minimum Gasteiger partial charge on any atom is -0.345 e. The number of aryl methyl sites for hydroxylation is 1. The van der Waals surface area contributed by atoms with Gasteiger partial charge in [0, 0.05) is 0 Å². The van der Waals surface area contributed by atoms with Gasteiger partial charge in [-0.05, 0) is 48.6 Å². The van der Waals surface area contributed by atoms with E-state index in [1.54, 1.807) is 0 Å². The summed E-state index contributed by atoms with van der Waals surface area (Å²) in [6, 6.07) is 10.7. The van der Waals surface area contributed by atoms with E-state index in [-0.39, 0.29) is 11.6 Å². The fourth-order valence-corrected chi connectivity index (χ4v) is 2.81. The van der Waals surface area contributed by atoms with Crippen LogP contribution >= 0.6 is 0 Å². The van der Waals surface area contributed by atoms with Crippen LogP contribution in [0.25, 0.3) is 0 Å². The van der Waals surface area contributed by atoms with Crippen molar-refractivity contribution < 1.29 is 13.6 Å². The smallest absolute Gasteiger partial charge is 0.254 e. The van der Waals surface area contributed by atoms with Gasteiger partial charge in [-0.1, -0.05) is 24.3 Å². The predicted molar refractivity (Wildman–Crippen MR) is 75.9 cm³/mol. The van der Waals surface area contributed by atoms with Crippen molar-refractivity contribution >= 4 is 5.91 Å². The number of nitrogens with one attached hydrogen (secondary N) is 1. The topological polar surface area (TPSA) is 29.1 Å². The van der Waals surface area contributed by atoms with Crippen LogP contribution in [0.4, 0.5) is 8.78 Å². The van der Waals surface area contributed by atoms with Crippen LogP contribution in [0.5, 0.6) is 0 Å². The number of carbonyl (C=O) groups excluding carboxylic acids is 1. The van der Waals surface area contributed by atoms with Gasteiger partial charge in [-0.2, -0.15) is 0 Å². The molecule has 0 radical (unpaired) electrons. The van der Waals surface area contributed by atoms with Gasteiger partial charge in [0.25, 0.3) is 5.91 Å². The first-order valence-corrected chi connectivity index (χ1v) is 6.99. The maximum absolute atomic E-state index is 13.6. The van der Waals surface area contributed by atoms with E-state index in [1.165, 1.54) is 5.56 Å². The standard InChI is InChI=1S/C17H15F2NO/c18-12-8-9-15(19)14(10-12)17(21)20-16-7-3-5-11-4-1-2-6-13(11)16/h1-2,4,6,8-10,16H,3,5,7H2,(H,20,21)/t16-/m0/s1. The summed E-state index contributed by atoms with van der Waals surface area (Å²) in [6.45, 7) is 0. The Labute approximate surface area is 121 Å². The molecule has 0 unspecified atom stereocenters. The first-order valence-electron chi connectivity index (χ1n) is 6.99. The van der Waals surface area contributed by atoms with Crippen molar-refractivity contribution in [2.75, 3.05) is 0 Å². The lowest BCUT2D eigenvalue weighted by atomic mass is 9.87. The average Bonchev–Trinajstić information content (AvgIpc) is 2.50. The molecule has 0 aromatic heterocycles. The Bertz CT molecular complexity index is 684. The van der Waals surface area contributed by atoms with Gasteiger partial charge in [-0.3, -0.25) is 4.79 Å². The molecule has 1 amide bonds. The van der Waals surface area contributed by atoms with Gasteiger partial charge < -0.3 is 5.32 Å². The van der Waals surface area contributed by atoms with Gasteiger partial charge in [0.05, 0.1) is 11.6 Å². The van der Waals surface area contributed by atoms with Crippen molar-refractivity contribution in [2.24, 2.45) is 0 Å². The number of hydrogen-bond acceptors (Lipinski definition) is 1. The summed E-state index contributed by atoms with van der Waals surface area (Å²) in [7, 11) is 0. The zero-order valence-corrected chi connectivity index (χ0v) is 11.4. The van der Waals surface area contributed by atoms with Crippen LogP contribution in [0, 0.1) is 11.6 Å². The molecule has 1 aliphatic carbocycles. The highest BCUT2D eigenvalue weighted by Gasteiger charge is 2.23. The minimum atomic E-state index is -0.710. The summed E-state index contributed by atoms with van der Waals surface area (Å²) in [4.78, 5) is 12.2. The Kier molecular flexibility index (Phi) is 3.69. The Balaban J connectivity index is 1.84. The van der Waals surface area contributed by atoms with Crippen LogP contribution in [0.2, 0.25) is 0 Å². The molecule has 2 aromatic carbocycles. The maximum atomic E-state index is 13.6. The first-order chi connectivity index (χ1) is 10.1. The molecule has 3 rings (SSSR count). The van der Waals surface area contributed by atoms with Crippen molar-refractivity contribution in [3.05, 3.63) is 70.8 Å². The van der Waals surface area contributed by atoms with Crippen LogP contribution in [-0.4, -0.2) is 5.91 Å². The molecule has 2 nitrogen and oxygen atoms in total. The quantitative estimate of drug-likeness (QED) is 0.895. The van der Waals surface area contributed by atoms with E-state index in [1.807, 2.05) is 24.3 Å². The fourth-order valence-electron chi connectivity index (χ4n) is 2.81. The number of hydrogen-bond donors (Lipinski definition) is 1. The second-order valence-electron chi connectivity index (χ2n) is 5.24. The summed E-state index contributed by atoms with van der Waals surface area (Å²) in [5.41, 5.74) is 2.01. The van der Waals surface area contributed by atoms with E-state index in [0.717, 1.165) is 43.0 Å². The van der Waals surface area contributed by atoms with Crippen LogP contribution < -0.4 is 5.32 Å². The van der Waals surface area contributed by atoms with E-state index < -0.39 is 17.5 Å². The third-order valence-electron chi connectivity index (χ3n) is 3.85. The fraction of sp³-hybridized carbons (Fsp3) is 0.235. The summed E-state index contributed by atoms with van der Waals surface area (Å²) < 4.78 is 26.8. The lowest BCUT2D eigenvalue weighted by molar-refractivity contribution is 0.0928. The highest BCUT2D eigenvalue weighted by atomic mass is 19.1. The van der Waals surface area contributed by atoms with Gasteiger partial charge >= 0.3 is 0 Å². The molecule has 0 saturated heterocycles. The number of fused-ring (bicyclic) bond motifs is 1. The average molecular weight is 287 g/mol. The molecular formula is C17H15F2NO. The minimum absolute atomic E-state index is 0.148. The molecular weight excluding hydrogens is 272 g/mol. The van der Waals surface area contributed by atoms with Crippen LogP contribution in [0.15, 0.2) is 42.5 Å². The molecule has 0 aliphatic heterocycles. The highest BCUT2D eigenvalue weighted by molar-refractivity contribution is 5.94.